The lowest BCUT2D eigenvalue weighted by Crippen LogP contribution is -2.37. The summed E-state index contributed by atoms with van der Waals surface area (Å²) in [6.45, 7) is -0.0117. The summed E-state index contributed by atoms with van der Waals surface area (Å²) in [6.07, 6.45) is 1.45. The van der Waals surface area contributed by atoms with Crippen molar-refractivity contribution in [2.75, 3.05) is 19.3 Å². The molecule has 1 amide bonds. The van der Waals surface area contributed by atoms with E-state index in [4.69, 9.17) is 5.14 Å². The van der Waals surface area contributed by atoms with E-state index in [1.54, 1.807) is 12.1 Å². The number of benzene rings is 1. The van der Waals surface area contributed by atoms with Crippen molar-refractivity contribution in [2.45, 2.75) is 11.3 Å². The molecule has 0 aliphatic heterocycles. The number of sulfonamides is 2. The molecular formula is C11H17N3O5S2. The van der Waals surface area contributed by atoms with Crippen LogP contribution in [0.1, 0.15) is 5.56 Å². The summed E-state index contributed by atoms with van der Waals surface area (Å²) in [7, 11) is -7.10. The van der Waals surface area contributed by atoms with Crippen molar-refractivity contribution in [3.8, 4) is 0 Å². The number of nitrogens with one attached hydrogen (secondary N) is 2. The number of nitrogens with two attached hydrogens (primary N) is 1. The van der Waals surface area contributed by atoms with Gasteiger partial charge >= 0.3 is 0 Å². The molecule has 0 aliphatic rings. The van der Waals surface area contributed by atoms with E-state index < -0.39 is 26.0 Å². The maximum atomic E-state index is 11.3. The molecule has 1 rings (SSSR count). The number of primary sulfonamides is 1. The Bertz CT molecular complexity index is 696. The summed E-state index contributed by atoms with van der Waals surface area (Å²) in [5.74, 6) is -0.443. The molecule has 0 spiro atoms. The lowest BCUT2D eigenvalue weighted by atomic mass is 10.1. The van der Waals surface area contributed by atoms with Gasteiger partial charge in [-0.05, 0) is 24.1 Å². The maximum absolute atomic E-state index is 11.3. The Hall–Kier alpha value is -1.49. The number of hydrogen-bond acceptors (Lipinski definition) is 5. The van der Waals surface area contributed by atoms with Gasteiger partial charge in [-0.1, -0.05) is 12.1 Å². The van der Waals surface area contributed by atoms with Gasteiger partial charge in [0.05, 0.1) is 17.7 Å². The Balaban J connectivity index is 2.41. The minimum Gasteiger partial charge on any atom is -0.355 e. The monoisotopic (exact) mass is 335 g/mol. The van der Waals surface area contributed by atoms with Crippen LogP contribution in [0.15, 0.2) is 29.2 Å². The normalized spacial score (nSPS) is 12.1. The van der Waals surface area contributed by atoms with Crippen LogP contribution < -0.4 is 15.2 Å². The van der Waals surface area contributed by atoms with Gasteiger partial charge in [0.15, 0.2) is 0 Å². The number of carbonyl (C=O) groups excluding carboxylic acids is 1. The standard InChI is InChI=1S/C11H17N3O5S2/c1-20(16,17)14-8-11(15)13-7-6-9-2-4-10(5-3-9)21(12,18)19/h2-5,14H,6-8H2,1H3,(H,13,15)(H2,12,18,19). The molecule has 0 radical (unpaired) electrons. The lowest BCUT2D eigenvalue weighted by Gasteiger charge is -2.06. The zero-order chi connectivity index (χ0) is 16.1. The van der Waals surface area contributed by atoms with Crippen LogP contribution in [-0.4, -0.2) is 42.1 Å². The first-order valence-electron chi connectivity index (χ1n) is 5.91. The molecule has 118 valence electrons. The summed E-state index contributed by atoms with van der Waals surface area (Å²) in [6, 6.07) is 5.97. The van der Waals surface area contributed by atoms with Crippen LogP contribution >= 0.6 is 0 Å². The zero-order valence-corrected chi connectivity index (χ0v) is 13.0. The van der Waals surface area contributed by atoms with E-state index in [0.717, 1.165) is 11.8 Å². The molecule has 0 fully saturated rings. The van der Waals surface area contributed by atoms with E-state index >= 15 is 0 Å². The Kier molecular flexibility index (Phi) is 5.84. The second-order valence-electron chi connectivity index (χ2n) is 4.38. The molecule has 10 heteroatoms. The third-order valence-corrected chi connectivity index (χ3v) is 4.08. The van der Waals surface area contributed by atoms with Crippen LogP contribution in [0.2, 0.25) is 0 Å². The highest BCUT2D eigenvalue weighted by atomic mass is 32.2. The summed E-state index contributed by atoms with van der Waals surface area (Å²) < 4.78 is 45.8. The predicted octanol–water partition coefficient (Wildman–Crippen LogP) is -1.46. The van der Waals surface area contributed by atoms with Crippen LogP contribution in [0, 0.1) is 0 Å². The van der Waals surface area contributed by atoms with Crippen molar-refractivity contribution in [3.05, 3.63) is 29.8 Å². The van der Waals surface area contributed by atoms with E-state index in [9.17, 15) is 21.6 Å². The number of carbonyl (C=O) groups is 1. The molecule has 4 N–H and O–H groups in total. The summed E-state index contributed by atoms with van der Waals surface area (Å²) in [4.78, 5) is 11.4. The van der Waals surface area contributed by atoms with Crippen LogP contribution in [0.25, 0.3) is 0 Å². The minimum atomic E-state index is -3.71. The van der Waals surface area contributed by atoms with E-state index in [1.165, 1.54) is 12.1 Å². The third-order valence-electron chi connectivity index (χ3n) is 2.48. The van der Waals surface area contributed by atoms with Crippen LogP contribution in [0.4, 0.5) is 0 Å². The zero-order valence-electron chi connectivity index (χ0n) is 11.4. The largest absolute Gasteiger partial charge is 0.355 e. The second kappa shape index (κ2) is 6.98. The SMILES string of the molecule is CS(=O)(=O)NCC(=O)NCCc1ccc(S(N)(=O)=O)cc1. The van der Waals surface area contributed by atoms with Crippen molar-refractivity contribution in [3.63, 3.8) is 0 Å². The van der Waals surface area contributed by atoms with Gasteiger partial charge in [-0.25, -0.2) is 26.7 Å². The van der Waals surface area contributed by atoms with Gasteiger partial charge in [0.1, 0.15) is 0 Å². The van der Waals surface area contributed by atoms with Crippen molar-refractivity contribution < 1.29 is 21.6 Å². The second-order valence-corrected chi connectivity index (χ2v) is 7.78. The molecular weight excluding hydrogens is 318 g/mol. The Morgan fingerprint density at radius 2 is 1.71 bits per heavy atom. The van der Waals surface area contributed by atoms with Gasteiger partial charge in [0.25, 0.3) is 0 Å². The Labute approximate surface area is 123 Å². The highest BCUT2D eigenvalue weighted by Gasteiger charge is 2.07. The quantitative estimate of drug-likeness (QED) is 0.560. The van der Waals surface area contributed by atoms with Crippen LogP contribution in [0.3, 0.4) is 0 Å². The van der Waals surface area contributed by atoms with Crippen LogP contribution in [-0.2, 0) is 31.3 Å². The minimum absolute atomic E-state index is 0.0210. The van der Waals surface area contributed by atoms with E-state index in [2.05, 4.69) is 10.0 Å². The molecule has 1 aromatic rings. The van der Waals surface area contributed by atoms with Crippen molar-refractivity contribution in [1.82, 2.24) is 10.0 Å². The first-order valence-corrected chi connectivity index (χ1v) is 9.35. The molecule has 8 nitrogen and oxygen atoms in total. The lowest BCUT2D eigenvalue weighted by molar-refractivity contribution is -0.119. The fourth-order valence-electron chi connectivity index (χ4n) is 1.45. The molecule has 0 heterocycles. The Morgan fingerprint density at radius 1 is 1.14 bits per heavy atom. The number of hydrogen-bond donors (Lipinski definition) is 3. The van der Waals surface area contributed by atoms with Gasteiger partial charge in [-0.15, -0.1) is 0 Å². The number of amides is 1. The van der Waals surface area contributed by atoms with E-state index in [1.807, 2.05) is 0 Å². The fraction of sp³-hybridized carbons (Fsp3) is 0.364. The average Bonchev–Trinajstić information content (AvgIpc) is 2.35. The van der Waals surface area contributed by atoms with Gasteiger partial charge in [-0.3, -0.25) is 4.79 Å². The summed E-state index contributed by atoms with van der Waals surface area (Å²) in [5, 5.41) is 7.51. The molecule has 0 aliphatic carbocycles. The van der Waals surface area contributed by atoms with E-state index in [-0.39, 0.29) is 11.4 Å². The fourth-order valence-corrected chi connectivity index (χ4v) is 2.36. The van der Waals surface area contributed by atoms with Crippen molar-refractivity contribution >= 4 is 26.0 Å². The smallest absolute Gasteiger partial charge is 0.238 e. The summed E-state index contributed by atoms with van der Waals surface area (Å²) in [5.41, 5.74) is 0.818. The number of rotatable bonds is 7. The van der Waals surface area contributed by atoms with Crippen molar-refractivity contribution in [2.24, 2.45) is 5.14 Å². The van der Waals surface area contributed by atoms with Gasteiger partial charge < -0.3 is 5.32 Å². The molecule has 0 aromatic heterocycles. The first kappa shape index (κ1) is 17.6. The highest BCUT2D eigenvalue weighted by molar-refractivity contribution is 7.89. The maximum Gasteiger partial charge on any atom is 0.238 e. The average molecular weight is 335 g/mol. The Morgan fingerprint density at radius 3 is 2.19 bits per heavy atom. The molecule has 0 atom stereocenters. The van der Waals surface area contributed by atoms with Crippen molar-refractivity contribution in [1.29, 1.82) is 0 Å². The third kappa shape index (κ3) is 7.18. The van der Waals surface area contributed by atoms with Gasteiger partial charge in [-0.2, -0.15) is 0 Å². The topological polar surface area (TPSA) is 135 Å². The predicted molar refractivity (Wildman–Crippen MR) is 77.4 cm³/mol. The molecule has 1 aromatic carbocycles. The summed E-state index contributed by atoms with van der Waals surface area (Å²) >= 11 is 0. The molecule has 0 unspecified atom stereocenters. The first-order chi connectivity index (χ1) is 9.58. The van der Waals surface area contributed by atoms with E-state index in [0.29, 0.717) is 13.0 Å². The van der Waals surface area contributed by atoms with Crippen LogP contribution in [0.5, 0.6) is 0 Å². The van der Waals surface area contributed by atoms with Gasteiger partial charge in [0.2, 0.25) is 26.0 Å². The molecule has 21 heavy (non-hydrogen) atoms. The van der Waals surface area contributed by atoms with Gasteiger partial charge in [0, 0.05) is 6.54 Å². The molecule has 0 saturated heterocycles. The molecule has 0 saturated carbocycles. The molecule has 0 bridgehead atoms. The highest BCUT2D eigenvalue weighted by Crippen LogP contribution is 2.08.